The van der Waals surface area contributed by atoms with Crippen LogP contribution in [0.5, 0.6) is 0 Å². The Morgan fingerprint density at radius 2 is 1.50 bits per heavy atom. The molecule has 3 nitrogen and oxygen atoms in total. The Hall–Kier alpha value is -2.94. The van der Waals surface area contributed by atoms with Crippen LogP contribution in [0, 0.1) is 0 Å². The van der Waals surface area contributed by atoms with Gasteiger partial charge >= 0.3 is 0 Å². The molecular weight excluding hydrogens is 320 g/mol. The van der Waals surface area contributed by atoms with Gasteiger partial charge < -0.3 is 5.32 Å². The largest absolute Gasteiger partial charge is 0.320 e. The van der Waals surface area contributed by atoms with Gasteiger partial charge in [-0.05, 0) is 35.1 Å². The molecule has 1 heterocycles. The summed E-state index contributed by atoms with van der Waals surface area (Å²) in [6, 6.07) is 22.5. The minimum atomic E-state index is -0.0149. The lowest BCUT2D eigenvalue weighted by molar-refractivity contribution is -0.684. The average molecular weight is 345 g/mol. The zero-order chi connectivity index (χ0) is 18.4. The molecule has 0 spiro atoms. The Labute approximate surface area is 155 Å². The first kappa shape index (κ1) is 17.9. The molecule has 26 heavy (non-hydrogen) atoms. The van der Waals surface area contributed by atoms with Gasteiger partial charge in [-0.2, -0.15) is 4.57 Å². The Kier molecular flexibility index (Phi) is 5.80. The summed E-state index contributed by atoms with van der Waals surface area (Å²) in [5.74, 6) is 0.357. The maximum Gasteiger partial charge on any atom is 0.290 e. The minimum Gasteiger partial charge on any atom is -0.320 e. The molecule has 0 saturated carbocycles. The third-order valence-corrected chi connectivity index (χ3v) is 4.39. The van der Waals surface area contributed by atoms with Gasteiger partial charge in [0.05, 0.1) is 0 Å². The number of aromatic nitrogens is 1. The highest BCUT2D eigenvalue weighted by Crippen LogP contribution is 2.23. The van der Waals surface area contributed by atoms with Crippen molar-refractivity contribution >= 4 is 11.6 Å². The number of carbonyl (C=O) groups is 1. The molecule has 3 heteroatoms. The van der Waals surface area contributed by atoms with Crippen molar-refractivity contribution in [3.05, 3.63) is 95.8 Å². The lowest BCUT2D eigenvalue weighted by Crippen LogP contribution is -2.39. The number of pyridine rings is 1. The number of rotatable bonds is 6. The molecule has 0 unspecified atom stereocenters. The fourth-order valence-electron chi connectivity index (χ4n) is 3.01. The van der Waals surface area contributed by atoms with Crippen molar-refractivity contribution < 1.29 is 9.36 Å². The van der Waals surface area contributed by atoms with Crippen LogP contribution in [0.4, 0.5) is 5.69 Å². The quantitative estimate of drug-likeness (QED) is 0.663. The molecule has 0 aliphatic rings. The van der Waals surface area contributed by atoms with E-state index in [-0.39, 0.29) is 5.91 Å². The van der Waals surface area contributed by atoms with Gasteiger partial charge in [0.15, 0.2) is 12.4 Å². The van der Waals surface area contributed by atoms with Gasteiger partial charge in [-0.1, -0.05) is 62.4 Å². The van der Waals surface area contributed by atoms with Crippen LogP contribution in [0.1, 0.15) is 36.5 Å². The second-order valence-electron chi connectivity index (χ2n) is 6.83. The summed E-state index contributed by atoms with van der Waals surface area (Å²) < 4.78 is 1.90. The van der Waals surface area contributed by atoms with E-state index in [2.05, 4.69) is 61.6 Å². The van der Waals surface area contributed by atoms with E-state index in [1.165, 1.54) is 11.1 Å². The molecule has 0 aliphatic carbocycles. The van der Waals surface area contributed by atoms with Gasteiger partial charge in [-0.25, -0.2) is 0 Å². The van der Waals surface area contributed by atoms with Crippen molar-refractivity contribution in [1.29, 1.82) is 0 Å². The number of benzene rings is 2. The smallest absolute Gasteiger partial charge is 0.290 e. The van der Waals surface area contributed by atoms with Gasteiger partial charge in [0.1, 0.15) is 0 Å². The van der Waals surface area contributed by atoms with Crippen LogP contribution < -0.4 is 9.88 Å². The standard InChI is InChI=1S/C23H24N2O/c1-18(2)21-10-6-7-11-22(21)24-23(26)17-25-14-12-20(13-15-25)16-19-8-4-3-5-9-19/h3-15,18H,16-17H2,1-2H3/p+1. The molecule has 2 aromatic carbocycles. The lowest BCUT2D eigenvalue weighted by atomic mass is 10.0. The number of para-hydroxylation sites is 1. The van der Waals surface area contributed by atoms with Crippen LogP contribution in [-0.2, 0) is 17.8 Å². The first-order chi connectivity index (χ1) is 12.6. The lowest BCUT2D eigenvalue weighted by Gasteiger charge is -2.12. The normalized spacial score (nSPS) is 10.7. The zero-order valence-corrected chi connectivity index (χ0v) is 15.4. The predicted octanol–water partition coefficient (Wildman–Crippen LogP) is 4.33. The van der Waals surface area contributed by atoms with Crippen LogP contribution in [-0.4, -0.2) is 5.91 Å². The summed E-state index contributed by atoms with van der Waals surface area (Å²) in [5, 5.41) is 3.04. The Balaban J connectivity index is 1.61. The van der Waals surface area contributed by atoms with Crippen LogP contribution in [0.15, 0.2) is 79.1 Å². The molecular formula is C23H25N2O+. The summed E-state index contributed by atoms with van der Waals surface area (Å²) in [7, 11) is 0. The second kappa shape index (κ2) is 8.43. The second-order valence-corrected chi connectivity index (χ2v) is 6.83. The van der Waals surface area contributed by atoms with Crippen molar-refractivity contribution in [2.75, 3.05) is 5.32 Å². The Morgan fingerprint density at radius 1 is 0.885 bits per heavy atom. The minimum absolute atomic E-state index is 0.0149. The van der Waals surface area contributed by atoms with Crippen molar-refractivity contribution in [3.63, 3.8) is 0 Å². The molecule has 1 aromatic heterocycles. The highest BCUT2D eigenvalue weighted by atomic mass is 16.1. The zero-order valence-electron chi connectivity index (χ0n) is 15.4. The molecule has 0 fully saturated rings. The molecule has 1 amide bonds. The van der Waals surface area contributed by atoms with E-state index in [4.69, 9.17) is 0 Å². The SMILES string of the molecule is CC(C)c1ccccc1NC(=O)C[n+]1ccc(Cc2ccccc2)cc1. The molecule has 1 N–H and O–H groups in total. The number of nitrogens with zero attached hydrogens (tertiary/aromatic N) is 1. The first-order valence-electron chi connectivity index (χ1n) is 9.02. The monoisotopic (exact) mass is 345 g/mol. The average Bonchev–Trinajstić information content (AvgIpc) is 2.64. The first-order valence-corrected chi connectivity index (χ1v) is 9.02. The number of hydrogen-bond donors (Lipinski definition) is 1. The van der Waals surface area contributed by atoms with Crippen molar-refractivity contribution in [2.45, 2.75) is 32.7 Å². The van der Waals surface area contributed by atoms with E-state index in [0.717, 1.165) is 17.7 Å². The summed E-state index contributed by atoms with van der Waals surface area (Å²) in [5.41, 5.74) is 4.57. The van der Waals surface area contributed by atoms with E-state index >= 15 is 0 Å². The number of carbonyl (C=O) groups excluding carboxylic acids is 1. The highest BCUT2D eigenvalue weighted by Gasteiger charge is 2.13. The van der Waals surface area contributed by atoms with Gasteiger partial charge in [0, 0.05) is 17.8 Å². The predicted molar refractivity (Wildman–Crippen MR) is 105 cm³/mol. The number of anilines is 1. The molecule has 0 bridgehead atoms. The maximum atomic E-state index is 12.4. The highest BCUT2D eigenvalue weighted by molar-refractivity contribution is 5.90. The van der Waals surface area contributed by atoms with Gasteiger partial charge in [0.25, 0.3) is 5.91 Å². The number of nitrogens with one attached hydrogen (secondary N) is 1. The summed E-state index contributed by atoms with van der Waals surface area (Å²) in [6.07, 6.45) is 4.83. The van der Waals surface area contributed by atoms with Crippen LogP contribution in [0.2, 0.25) is 0 Å². The fraction of sp³-hybridized carbons (Fsp3) is 0.217. The summed E-state index contributed by atoms with van der Waals surface area (Å²) >= 11 is 0. The van der Waals surface area contributed by atoms with E-state index in [0.29, 0.717) is 12.5 Å². The summed E-state index contributed by atoms with van der Waals surface area (Å²) in [4.78, 5) is 12.4. The maximum absolute atomic E-state index is 12.4. The molecule has 0 saturated heterocycles. The van der Waals surface area contributed by atoms with E-state index < -0.39 is 0 Å². The topological polar surface area (TPSA) is 33.0 Å². The number of amides is 1. The molecule has 0 aliphatic heterocycles. The van der Waals surface area contributed by atoms with E-state index in [1.807, 2.05) is 41.2 Å². The fourth-order valence-corrected chi connectivity index (χ4v) is 3.01. The van der Waals surface area contributed by atoms with Gasteiger partial charge in [-0.15, -0.1) is 0 Å². The van der Waals surface area contributed by atoms with Gasteiger partial charge in [-0.3, -0.25) is 4.79 Å². The third kappa shape index (κ3) is 4.79. The molecule has 132 valence electrons. The third-order valence-electron chi connectivity index (χ3n) is 4.39. The van der Waals surface area contributed by atoms with Crippen molar-refractivity contribution in [3.8, 4) is 0 Å². The van der Waals surface area contributed by atoms with Crippen molar-refractivity contribution in [2.24, 2.45) is 0 Å². The molecule has 0 atom stereocenters. The van der Waals surface area contributed by atoms with Crippen LogP contribution >= 0.6 is 0 Å². The van der Waals surface area contributed by atoms with Crippen molar-refractivity contribution in [1.82, 2.24) is 0 Å². The van der Waals surface area contributed by atoms with Crippen LogP contribution in [0.3, 0.4) is 0 Å². The summed E-state index contributed by atoms with van der Waals surface area (Å²) in [6.45, 7) is 4.56. The van der Waals surface area contributed by atoms with Crippen LogP contribution in [0.25, 0.3) is 0 Å². The van der Waals surface area contributed by atoms with E-state index in [9.17, 15) is 4.79 Å². The molecule has 0 radical (unpaired) electrons. The Bertz CT molecular complexity index is 855. The Morgan fingerprint density at radius 3 is 2.19 bits per heavy atom. The van der Waals surface area contributed by atoms with Gasteiger partial charge in [0.2, 0.25) is 6.54 Å². The molecule has 3 rings (SSSR count). The number of hydrogen-bond acceptors (Lipinski definition) is 1. The van der Waals surface area contributed by atoms with E-state index in [1.54, 1.807) is 0 Å². The molecule has 3 aromatic rings.